The van der Waals surface area contributed by atoms with E-state index in [4.69, 9.17) is 0 Å². The first kappa shape index (κ1) is 9.78. The van der Waals surface area contributed by atoms with Gasteiger partial charge in [-0.05, 0) is 30.5 Å². The third-order valence-corrected chi connectivity index (χ3v) is 3.20. The smallest absolute Gasteiger partial charge is 0.0220 e. The van der Waals surface area contributed by atoms with Gasteiger partial charge in [0.05, 0.1) is 0 Å². The van der Waals surface area contributed by atoms with Crippen molar-refractivity contribution >= 4 is 0 Å². The van der Waals surface area contributed by atoms with Crippen molar-refractivity contribution in [3.8, 4) is 0 Å². The lowest BCUT2D eigenvalue weighted by Crippen LogP contribution is -2.16. The Bertz CT molecular complexity index is 235. The molecular formula is C12H20N2. The minimum absolute atomic E-state index is 1.01. The summed E-state index contributed by atoms with van der Waals surface area (Å²) in [5.41, 5.74) is 1.36. The van der Waals surface area contributed by atoms with E-state index in [0.29, 0.717) is 0 Å². The summed E-state index contributed by atoms with van der Waals surface area (Å²) in [7, 11) is 0. The maximum absolute atomic E-state index is 3.49. The number of nitrogens with one attached hydrogen (secondary N) is 2. The average molecular weight is 192 g/mol. The second kappa shape index (κ2) is 5.20. The molecule has 2 rings (SSSR count). The number of H-pyrrole nitrogens is 1. The van der Waals surface area contributed by atoms with E-state index in [-0.39, 0.29) is 0 Å². The maximum Gasteiger partial charge on any atom is 0.0220 e. The molecule has 1 aliphatic rings. The number of aromatic amines is 1. The van der Waals surface area contributed by atoms with Gasteiger partial charge >= 0.3 is 0 Å². The number of aromatic nitrogens is 1. The van der Waals surface area contributed by atoms with E-state index in [1.165, 1.54) is 44.2 Å². The zero-order valence-electron chi connectivity index (χ0n) is 8.76. The van der Waals surface area contributed by atoms with Crippen LogP contribution in [0.25, 0.3) is 0 Å². The molecule has 0 amide bonds. The summed E-state index contributed by atoms with van der Waals surface area (Å²) < 4.78 is 0. The minimum Gasteiger partial charge on any atom is -0.367 e. The second-order valence-electron chi connectivity index (χ2n) is 4.34. The van der Waals surface area contributed by atoms with E-state index >= 15 is 0 Å². The molecule has 0 saturated heterocycles. The fourth-order valence-corrected chi connectivity index (χ4v) is 2.31. The predicted octanol–water partition coefficient (Wildman–Crippen LogP) is 2.68. The summed E-state index contributed by atoms with van der Waals surface area (Å²) in [4.78, 5) is 3.07. The topological polar surface area (TPSA) is 27.8 Å². The van der Waals surface area contributed by atoms with Crippen molar-refractivity contribution in [3.05, 3.63) is 24.0 Å². The van der Waals surface area contributed by atoms with Crippen LogP contribution in [0.1, 0.15) is 37.7 Å². The first-order chi connectivity index (χ1) is 6.95. The van der Waals surface area contributed by atoms with Crippen molar-refractivity contribution in [1.82, 2.24) is 10.3 Å². The van der Waals surface area contributed by atoms with Crippen LogP contribution in [0.4, 0.5) is 0 Å². The lowest BCUT2D eigenvalue weighted by molar-refractivity contribution is 0.477. The highest BCUT2D eigenvalue weighted by Crippen LogP contribution is 2.26. The Kier molecular flexibility index (Phi) is 3.64. The van der Waals surface area contributed by atoms with Gasteiger partial charge in [0.2, 0.25) is 0 Å². The van der Waals surface area contributed by atoms with E-state index in [2.05, 4.69) is 22.6 Å². The maximum atomic E-state index is 3.49. The fraction of sp³-hybridized carbons (Fsp3) is 0.667. The van der Waals surface area contributed by atoms with Gasteiger partial charge in [0.25, 0.3) is 0 Å². The second-order valence-corrected chi connectivity index (χ2v) is 4.34. The van der Waals surface area contributed by atoms with Crippen LogP contribution < -0.4 is 5.32 Å². The van der Waals surface area contributed by atoms with Gasteiger partial charge < -0.3 is 10.3 Å². The number of rotatable bonds is 5. The van der Waals surface area contributed by atoms with Crippen LogP contribution in [0.5, 0.6) is 0 Å². The molecule has 14 heavy (non-hydrogen) atoms. The normalized spacial score (nSPS) is 17.7. The highest BCUT2D eigenvalue weighted by Gasteiger charge is 2.13. The van der Waals surface area contributed by atoms with Crippen molar-refractivity contribution in [1.29, 1.82) is 0 Å². The van der Waals surface area contributed by atoms with Crippen LogP contribution in [0.15, 0.2) is 18.5 Å². The van der Waals surface area contributed by atoms with Crippen LogP contribution in [0.3, 0.4) is 0 Å². The van der Waals surface area contributed by atoms with E-state index in [1.54, 1.807) is 0 Å². The molecule has 2 nitrogen and oxygen atoms in total. The summed E-state index contributed by atoms with van der Waals surface area (Å²) in [6, 6.07) is 2.13. The highest BCUT2D eigenvalue weighted by molar-refractivity contribution is 5.07. The minimum atomic E-state index is 1.01. The summed E-state index contributed by atoms with van der Waals surface area (Å²) in [5.74, 6) is 1.01. The third kappa shape index (κ3) is 2.88. The molecule has 78 valence electrons. The lowest BCUT2D eigenvalue weighted by atomic mass is 10.0. The Hall–Kier alpha value is -0.760. The molecule has 1 aromatic heterocycles. The predicted molar refractivity (Wildman–Crippen MR) is 59.1 cm³/mol. The summed E-state index contributed by atoms with van der Waals surface area (Å²) in [6.07, 6.45) is 11.3. The Morgan fingerprint density at radius 1 is 1.36 bits per heavy atom. The molecule has 2 heteroatoms. The van der Waals surface area contributed by atoms with E-state index < -0.39 is 0 Å². The molecule has 1 aliphatic carbocycles. The molecule has 0 spiro atoms. The first-order valence-corrected chi connectivity index (χ1v) is 5.77. The molecular weight excluding hydrogens is 172 g/mol. The monoisotopic (exact) mass is 192 g/mol. The summed E-state index contributed by atoms with van der Waals surface area (Å²) >= 11 is 0. The molecule has 1 saturated carbocycles. The van der Waals surface area contributed by atoms with E-state index in [1.807, 2.05) is 6.20 Å². The molecule has 1 heterocycles. The standard InChI is InChI=1S/C12H20N2/c1-2-4-11(3-1)5-7-13-9-12-6-8-14-10-12/h6,8,10-11,13-14H,1-5,7,9H2. The quantitative estimate of drug-likeness (QED) is 0.690. The number of hydrogen-bond donors (Lipinski definition) is 2. The van der Waals surface area contributed by atoms with Gasteiger partial charge in [-0.15, -0.1) is 0 Å². The molecule has 2 N–H and O–H groups in total. The summed E-state index contributed by atoms with van der Waals surface area (Å²) in [5, 5.41) is 3.49. The molecule has 0 atom stereocenters. The highest BCUT2D eigenvalue weighted by atomic mass is 14.9. The number of hydrogen-bond acceptors (Lipinski definition) is 1. The molecule has 1 aromatic rings. The van der Waals surface area contributed by atoms with Gasteiger partial charge in [0.1, 0.15) is 0 Å². The summed E-state index contributed by atoms with van der Waals surface area (Å²) in [6.45, 7) is 2.19. The molecule has 0 unspecified atom stereocenters. The van der Waals surface area contributed by atoms with Crippen molar-refractivity contribution in [3.63, 3.8) is 0 Å². The molecule has 0 bridgehead atoms. The first-order valence-electron chi connectivity index (χ1n) is 5.77. The van der Waals surface area contributed by atoms with Crippen LogP contribution >= 0.6 is 0 Å². The SMILES string of the molecule is c1cc(CNCCC2CCCC2)c[nH]1. The zero-order valence-corrected chi connectivity index (χ0v) is 8.76. The molecule has 0 aliphatic heterocycles. The Labute approximate surface area is 86.1 Å². The molecule has 0 aromatic carbocycles. The van der Waals surface area contributed by atoms with Gasteiger partial charge in [-0.25, -0.2) is 0 Å². The lowest BCUT2D eigenvalue weighted by Gasteiger charge is -2.08. The van der Waals surface area contributed by atoms with Crippen LogP contribution in [0.2, 0.25) is 0 Å². The van der Waals surface area contributed by atoms with Crippen LogP contribution in [0, 0.1) is 5.92 Å². The third-order valence-electron chi connectivity index (χ3n) is 3.20. The fourth-order valence-electron chi connectivity index (χ4n) is 2.31. The Balaban J connectivity index is 1.55. The zero-order chi connectivity index (χ0) is 9.64. The largest absolute Gasteiger partial charge is 0.367 e. The Morgan fingerprint density at radius 2 is 2.21 bits per heavy atom. The van der Waals surface area contributed by atoms with Gasteiger partial charge in [-0.3, -0.25) is 0 Å². The van der Waals surface area contributed by atoms with Crippen molar-refractivity contribution < 1.29 is 0 Å². The van der Waals surface area contributed by atoms with Crippen LogP contribution in [-0.4, -0.2) is 11.5 Å². The van der Waals surface area contributed by atoms with Crippen LogP contribution in [-0.2, 0) is 6.54 Å². The average Bonchev–Trinajstić information content (AvgIpc) is 2.86. The van der Waals surface area contributed by atoms with Gasteiger partial charge in [0.15, 0.2) is 0 Å². The van der Waals surface area contributed by atoms with Gasteiger partial charge in [-0.1, -0.05) is 25.7 Å². The van der Waals surface area contributed by atoms with Gasteiger partial charge in [-0.2, -0.15) is 0 Å². The van der Waals surface area contributed by atoms with E-state index in [9.17, 15) is 0 Å². The van der Waals surface area contributed by atoms with Crippen molar-refractivity contribution in [2.45, 2.75) is 38.6 Å². The van der Waals surface area contributed by atoms with Crippen molar-refractivity contribution in [2.24, 2.45) is 5.92 Å². The van der Waals surface area contributed by atoms with Gasteiger partial charge in [0, 0.05) is 18.9 Å². The Morgan fingerprint density at radius 3 is 2.93 bits per heavy atom. The molecule has 1 fully saturated rings. The van der Waals surface area contributed by atoms with E-state index in [0.717, 1.165) is 12.5 Å². The molecule has 0 radical (unpaired) electrons. The van der Waals surface area contributed by atoms with Crippen molar-refractivity contribution in [2.75, 3.05) is 6.54 Å².